The van der Waals surface area contributed by atoms with Crippen LogP contribution in [0.4, 0.5) is 0 Å². The third-order valence-electron chi connectivity index (χ3n) is 5.40. The molecule has 0 aliphatic heterocycles. The summed E-state index contributed by atoms with van der Waals surface area (Å²) in [7, 11) is 0. The van der Waals surface area contributed by atoms with Gasteiger partial charge in [-0.15, -0.1) is 0 Å². The zero-order chi connectivity index (χ0) is 15.9. The quantitative estimate of drug-likeness (QED) is 0.590. The summed E-state index contributed by atoms with van der Waals surface area (Å²) in [6, 6.07) is 9.15. The maximum atomic E-state index is 2.35. The Balaban J connectivity index is 0.000000109. The van der Waals surface area contributed by atoms with E-state index in [0.29, 0.717) is 0 Å². The molecule has 0 saturated carbocycles. The summed E-state index contributed by atoms with van der Waals surface area (Å²) in [4.78, 5) is 0. The highest BCUT2D eigenvalue weighted by Crippen LogP contribution is 2.30. The summed E-state index contributed by atoms with van der Waals surface area (Å²) in [5.74, 6) is 0. The van der Waals surface area contributed by atoms with Crippen LogP contribution in [0.1, 0.15) is 44.5 Å². The average Bonchev–Trinajstić information content (AvgIpc) is 3.36. The van der Waals surface area contributed by atoms with Crippen molar-refractivity contribution in [1.82, 2.24) is 0 Å². The zero-order valence-corrected chi connectivity index (χ0v) is 13.8. The molecule has 0 spiro atoms. The van der Waals surface area contributed by atoms with Crippen molar-refractivity contribution in [3.63, 3.8) is 0 Å². The zero-order valence-electron chi connectivity index (χ0n) is 13.8. The summed E-state index contributed by atoms with van der Waals surface area (Å²) < 4.78 is 0. The minimum atomic E-state index is 1.13. The van der Waals surface area contributed by atoms with Crippen LogP contribution in [-0.4, -0.2) is 0 Å². The van der Waals surface area contributed by atoms with Gasteiger partial charge in [-0.25, -0.2) is 0 Å². The molecule has 2 aromatic rings. The van der Waals surface area contributed by atoms with Crippen molar-refractivity contribution in [2.45, 2.75) is 25.7 Å². The van der Waals surface area contributed by atoms with Gasteiger partial charge in [0.15, 0.2) is 0 Å². The Kier molecular flexibility index (Phi) is 3.16. The standard InChI is InChI=1S/2C12H10/c1-3-9-7-8-10-4-2-6-12(10)11(9)5-1;1-3-9-7-11-5-2-6-12(11)8-10(9)4-1/h1-3,6-8H,4-5H2;1-3,5,7-8H,4,6H2. The van der Waals surface area contributed by atoms with Gasteiger partial charge in [0, 0.05) is 0 Å². The number of rotatable bonds is 0. The third-order valence-corrected chi connectivity index (χ3v) is 5.40. The van der Waals surface area contributed by atoms with Crippen LogP contribution >= 0.6 is 0 Å². The normalized spacial score (nSPS) is 16.7. The van der Waals surface area contributed by atoms with Crippen LogP contribution in [0.25, 0.3) is 24.3 Å². The Morgan fingerprint density at radius 1 is 0.500 bits per heavy atom. The lowest BCUT2D eigenvalue weighted by Crippen LogP contribution is -1.90. The average molecular weight is 308 g/mol. The van der Waals surface area contributed by atoms with E-state index in [1.165, 1.54) is 44.5 Å². The molecule has 0 nitrogen and oxygen atoms in total. The van der Waals surface area contributed by atoms with E-state index in [1.54, 1.807) is 0 Å². The van der Waals surface area contributed by atoms with Gasteiger partial charge in [0.1, 0.15) is 0 Å². The van der Waals surface area contributed by atoms with E-state index in [9.17, 15) is 0 Å². The molecule has 4 aliphatic carbocycles. The van der Waals surface area contributed by atoms with Crippen LogP contribution in [0.15, 0.2) is 48.6 Å². The summed E-state index contributed by atoms with van der Waals surface area (Å²) >= 11 is 0. The molecular weight excluding hydrogens is 288 g/mol. The van der Waals surface area contributed by atoms with E-state index in [-0.39, 0.29) is 0 Å². The van der Waals surface area contributed by atoms with E-state index in [2.05, 4.69) is 72.9 Å². The van der Waals surface area contributed by atoms with E-state index in [4.69, 9.17) is 0 Å². The van der Waals surface area contributed by atoms with Crippen molar-refractivity contribution >= 4 is 24.3 Å². The second-order valence-electron chi connectivity index (χ2n) is 6.88. The molecule has 0 fully saturated rings. The first-order valence-corrected chi connectivity index (χ1v) is 8.85. The Bertz CT molecular complexity index is 913. The number of hydrogen-bond acceptors (Lipinski definition) is 0. The number of benzene rings is 2. The van der Waals surface area contributed by atoms with Gasteiger partial charge in [-0.1, -0.05) is 66.8 Å². The van der Waals surface area contributed by atoms with Crippen LogP contribution in [-0.2, 0) is 25.7 Å². The highest BCUT2D eigenvalue weighted by Gasteiger charge is 2.14. The number of fused-ring (bicyclic) bond motifs is 5. The molecule has 0 amide bonds. The fourth-order valence-corrected chi connectivity index (χ4v) is 4.13. The Labute approximate surface area is 143 Å². The molecule has 0 unspecified atom stereocenters. The third kappa shape index (κ3) is 2.22. The van der Waals surface area contributed by atoms with Crippen LogP contribution in [0.5, 0.6) is 0 Å². The predicted molar refractivity (Wildman–Crippen MR) is 104 cm³/mol. The number of hydrogen-bond donors (Lipinski definition) is 0. The highest BCUT2D eigenvalue weighted by atomic mass is 14.2. The van der Waals surface area contributed by atoms with Crippen molar-refractivity contribution in [3.05, 3.63) is 93.1 Å². The molecule has 4 aliphatic rings. The minimum absolute atomic E-state index is 1.13. The van der Waals surface area contributed by atoms with E-state index in [1.807, 2.05) is 0 Å². The van der Waals surface area contributed by atoms with Crippen LogP contribution < -0.4 is 0 Å². The van der Waals surface area contributed by atoms with Gasteiger partial charge >= 0.3 is 0 Å². The first-order valence-electron chi connectivity index (χ1n) is 8.85. The molecule has 0 aromatic heterocycles. The summed E-state index contributed by atoms with van der Waals surface area (Å²) in [5.41, 5.74) is 11.8. The maximum absolute atomic E-state index is 2.35. The van der Waals surface area contributed by atoms with Gasteiger partial charge in [-0.2, -0.15) is 0 Å². The SMILES string of the molecule is C1=Cc2c(ccc3c2CC=C3)C1.C1=Cc2cc3c(cc2C1)CC=C3. The minimum Gasteiger partial charge on any atom is -0.0795 e. The van der Waals surface area contributed by atoms with E-state index in [0.717, 1.165) is 25.7 Å². The van der Waals surface area contributed by atoms with E-state index < -0.39 is 0 Å². The predicted octanol–water partition coefficient (Wildman–Crippen LogP) is 5.65. The van der Waals surface area contributed by atoms with Crippen molar-refractivity contribution < 1.29 is 0 Å². The van der Waals surface area contributed by atoms with Crippen LogP contribution in [0.2, 0.25) is 0 Å². The van der Waals surface area contributed by atoms with Crippen LogP contribution in [0, 0.1) is 0 Å². The Morgan fingerprint density at radius 3 is 1.92 bits per heavy atom. The molecule has 116 valence electrons. The van der Waals surface area contributed by atoms with Crippen LogP contribution in [0.3, 0.4) is 0 Å². The van der Waals surface area contributed by atoms with Crippen molar-refractivity contribution in [2.24, 2.45) is 0 Å². The fraction of sp³-hybridized carbons (Fsp3) is 0.167. The molecule has 2 aromatic carbocycles. The fourth-order valence-electron chi connectivity index (χ4n) is 4.13. The summed E-state index contributed by atoms with van der Waals surface area (Å²) in [6.45, 7) is 0. The smallest absolute Gasteiger partial charge is 0.00821 e. The number of allylic oxidation sites excluding steroid dienone is 4. The van der Waals surface area contributed by atoms with Gasteiger partial charge in [0.2, 0.25) is 0 Å². The maximum Gasteiger partial charge on any atom is -0.00821 e. The summed E-state index contributed by atoms with van der Waals surface area (Å²) in [5, 5.41) is 0. The molecule has 0 bridgehead atoms. The first-order chi connectivity index (χ1) is 11.9. The molecule has 0 heteroatoms. The van der Waals surface area contributed by atoms with Gasteiger partial charge in [-0.05, 0) is 76.3 Å². The molecule has 0 N–H and O–H groups in total. The van der Waals surface area contributed by atoms with Crippen molar-refractivity contribution in [1.29, 1.82) is 0 Å². The van der Waals surface area contributed by atoms with Gasteiger partial charge in [-0.3, -0.25) is 0 Å². The van der Waals surface area contributed by atoms with Gasteiger partial charge in [0.05, 0.1) is 0 Å². The van der Waals surface area contributed by atoms with Gasteiger partial charge < -0.3 is 0 Å². The molecule has 24 heavy (non-hydrogen) atoms. The molecule has 6 rings (SSSR count). The molecule has 0 atom stereocenters. The highest BCUT2D eigenvalue weighted by molar-refractivity contribution is 5.73. The largest absolute Gasteiger partial charge is 0.0795 e. The molecule has 0 heterocycles. The summed E-state index contributed by atoms with van der Waals surface area (Å²) in [6.07, 6.45) is 22.4. The topological polar surface area (TPSA) is 0 Å². The first kappa shape index (κ1) is 13.8. The lowest BCUT2D eigenvalue weighted by molar-refractivity contribution is 1.24. The van der Waals surface area contributed by atoms with Gasteiger partial charge in [0.25, 0.3) is 0 Å². The molecule has 0 radical (unpaired) electrons. The Hall–Kier alpha value is -2.60. The van der Waals surface area contributed by atoms with Crippen molar-refractivity contribution in [2.75, 3.05) is 0 Å². The van der Waals surface area contributed by atoms with Crippen molar-refractivity contribution in [3.8, 4) is 0 Å². The monoisotopic (exact) mass is 308 g/mol. The molecular formula is C24H20. The second kappa shape index (κ2) is 5.49. The lowest BCUT2D eigenvalue weighted by Gasteiger charge is -2.05. The van der Waals surface area contributed by atoms with E-state index >= 15 is 0 Å². The Morgan fingerprint density at radius 2 is 1.12 bits per heavy atom. The molecule has 0 saturated heterocycles. The second-order valence-corrected chi connectivity index (χ2v) is 6.88. The lowest BCUT2D eigenvalue weighted by atomic mass is 9.99.